The highest BCUT2D eigenvalue weighted by atomic mass is 35.6. The largest absolute Gasteiger partial charge is 0.463 e. The summed E-state index contributed by atoms with van der Waals surface area (Å²) in [5, 5.41) is 0. The lowest BCUT2D eigenvalue weighted by Crippen LogP contribution is -2.49. The van der Waals surface area contributed by atoms with E-state index in [9.17, 15) is 9.59 Å². The van der Waals surface area contributed by atoms with E-state index >= 15 is 0 Å². The van der Waals surface area contributed by atoms with E-state index in [0.29, 0.717) is 11.1 Å². The number of halogens is 3. The van der Waals surface area contributed by atoms with Crippen LogP contribution in [0.3, 0.4) is 0 Å². The van der Waals surface area contributed by atoms with Crippen LogP contribution in [0.25, 0.3) is 0 Å². The Balaban J connectivity index is 2.02. The minimum Gasteiger partial charge on any atom is -0.463 e. The second kappa shape index (κ2) is 5.92. The number of amides is 2. The molecule has 2 aliphatic heterocycles. The smallest absolute Gasteiger partial charge is 0.262 e. The maximum atomic E-state index is 12.7. The van der Waals surface area contributed by atoms with E-state index in [1.54, 1.807) is 31.2 Å². The molecule has 2 atom stereocenters. The number of carbonyl (C=O) groups excluding carboxylic acids is 2. The van der Waals surface area contributed by atoms with Gasteiger partial charge in [0.1, 0.15) is 5.76 Å². The van der Waals surface area contributed by atoms with Crippen molar-refractivity contribution in [2.75, 3.05) is 7.11 Å². The number of alkyl halides is 3. The molecular formula is C16H14Cl3NO4. The van der Waals surface area contributed by atoms with E-state index in [-0.39, 0.29) is 24.0 Å². The molecule has 0 aromatic heterocycles. The van der Waals surface area contributed by atoms with Crippen LogP contribution in [0.4, 0.5) is 0 Å². The van der Waals surface area contributed by atoms with Gasteiger partial charge in [-0.15, -0.1) is 0 Å². The number of rotatable bonds is 2. The van der Waals surface area contributed by atoms with E-state index in [1.165, 1.54) is 13.2 Å². The van der Waals surface area contributed by atoms with Crippen LogP contribution in [-0.4, -0.2) is 39.4 Å². The van der Waals surface area contributed by atoms with Crippen molar-refractivity contribution >= 4 is 46.6 Å². The lowest BCUT2D eigenvalue weighted by atomic mass is 10.0. The zero-order chi connectivity index (χ0) is 17.7. The number of fused-ring (bicyclic) bond motifs is 1. The van der Waals surface area contributed by atoms with Crippen molar-refractivity contribution in [3.05, 3.63) is 47.2 Å². The Morgan fingerprint density at radius 1 is 1.21 bits per heavy atom. The molecule has 0 unspecified atom stereocenters. The first kappa shape index (κ1) is 17.5. The average molecular weight is 391 g/mol. The summed E-state index contributed by atoms with van der Waals surface area (Å²) in [5.41, 5.74) is 0.717. The van der Waals surface area contributed by atoms with Gasteiger partial charge in [-0.25, -0.2) is 0 Å². The molecule has 0 saturated heterocycles. The molecule has 3 rings (SSSR count). The Morgan fingerprint density at radius 3 is 2.21 bits per heavy atom. The van der Waals surface area contributed by atoms with Crippen LogP contribution in [-0.2, 0) is 9.47 Å². The fraction of sp³-hybridized carbons (Fsp3) is 0.375. The fourth-order valence-corrected chi connectivity index (χ4v) is 3.18. The molecule has 0 spiro atoms. The highest BCUT2D eigenvalue weighted by Crippen LogP contribution is 2.43. The van der Waals surface area contributed by atoms with Crippen molar-refractivity contribution in [2.24, 2.45) is 0 Å². The predicted molar refractivity (Wildman–Crippen MR) is 90.2 cm³/mol. The summed E-state index contributed by atoms with van der Waals surface area (Å²) in [5.74, 6) is -1.89. The molecule has 0 radical (unpaired) electrons. The molecule has 1 aromatic rings. The number of benzene rings is 1. The molecule has 0 aliphatic carbocycles. The first-order chi connectivity index (χ1) is 11.2. The lowest BCUT2D eigenvalue weighted by molar-refractivity contribution is -0.202. The standard InChI is InChI=1S/C16H14Cl3NO4/c1-15(23-2)8-9(7-12(24-15)16(17,18)19)20-13(21)10-5-3-4-6-11(10)14(20)22/h3-7,9H,8H2,1-2H3/t9-,15+/m0/s1. The summed E-state index contributed by atoms with van der Waals surface area (Å²) >= 11 is 17.8. The van der Waals surface area contributed by atoms with Crippen LogP contribution in [0.1, 0.15) is 34.1 Å². The number of methoxy groups -OCH3 is 1. The van der Waals surface area contributed by atoms with Crippen LogP contribution in [0.15, 0.2) is 36.1 Å². The molecule has 0 fully saturated rings. The molecule has 0 bridgehead atoms. The van der Waals surface area contributed by atoms with Crippen molar-refractivity contribution in [3.63, 3.8) is 0 Å². The number of ether oxygens (including phenoxy) is 2. The van der Waals surface area contributed by atoms with Crippen LogP contribution < -0.4 is 0 Å². The van der Waals surface area contributed by atoms with Gasteiger partial charge in [0.2, 0.25) is 9.58 Å². The van der Waals surface area contributed by atoms with Crippen LogP contribution in [0.5, 0.6) is 0 Å². The van der Waals surface area contributed by atoms with Crippen molar-refractivity contribution in [1.29, 1.82) is 0 Å². The van der Waals surface area contributed by atoms with E-state index < -0.39 is 15.6 Å². The molecule has 24 heavy (non-hydrogen) atoms. The van der Waals surface area contributed by atoms with Crippen molar-refractivity contribution in [1.82, 2.24) is 4.90 Å². The minimum atomic E-state index is -1.84. The third-order valence-corrected chi connectivity index (χ3v) is 4.68. The van der Waals surface area contributed by atoms with Gasteiger partial charge in [0, 0.05) is 20.5 Å². The van der Waals surface area contributed by atoms with Gasteiger partial charge in [-0.1, -0.05) is 46.9 Å². The van der Waals surface area contributed by atoms with Crippen LogP contribution in [0, 0.1) is 0 Å². The molecule has 0 saturated carbocycles. The Hall–Kier alpha value is -1.27. The van der Waals surface area contributed by atoms with Gasteiger partial charge in [-0.3, -0.25) is 14.5 Å². The summed E-state index contributed by atoms with van der Waals surface area (Å²) in [4.78, 5) is 26.5. The molecule has 2 amide bonds. The van der Waals surface area contributed by atoms with Gasteiger partial charge in [0.05, 0.1) is 17.2 Å². The monoisotopic (exact) mass is 389 g/mol. The number of imide groups is 1. The fourth-order valence-electron chi connectivity index (χ4n) is 2.87. The summed E-state index contributed by atoms with van der Waals surface area (Å²) in [7, 11) is 1.45. The predicted octanol–water partition coefficient (Wildman–Crippen LogP) is 3.69. The van der Waals surface area contributed by atoms with E-state index in [1.807, 2.05) is 0 Å². The van der Waals surface area contributed by atoms with Crippen LogP contribution >= 0.6 is 34.8 Å². The number of carbonyl (C=O) groups is 2. The Bertz CT molecular complexity index is 708. The van der Waals surface area contributed by atoms with Crippen molar-refractivity contribution < 1.29 is 19.1 Å². The third-order valence-electron chi connectivity index (χ3n) is 4.12. The number of hydrogen-bond acceptors (Lipinski definition) is 4. The second-order valence-corrected chi connectivity index (χ2v) is 8.05. The maximum absolute atomic E-state index is 12.7. The van der Waals surface area contributed by atoms with Gasteiger partial charge < -0.3 is 9.47 Å². The van der Waals surface area contributed by atoms with E-state index in [4.69, 9.17) is 44.3 Å². The highest BCUT2D eigenvalue weighted by molar-refractivity contribution is 6.69. The van der Waals surface area contributed by atoms with Gasteiger partial charge in [-0.2, -0.15) is 0 Å². The highest BCUT2D eigenvalue weighted by Gasteiger charge is 2.47. The first-order valence-electron chi connectivity index (χ1n) is 7.16. The molecule has 2 heterocycles. The number of hydrogen-bond donors (Lipinski definition) is 0. The summed E-state index contributed by atoms with van der Waals surface area (Å²) < 4.78 is 9.14. The van der Waals surface area contributed by atoms with Gasteiger partial charge >= 0.3 is 0 Å². The molecule has 1 aromatic carbocycles. The van der Waals surface area contributed by atoms with Gasteiger partial charge in [0.15, 0.2) is 0 Å². The van der Waals surface area contributed by atoms with E-state index in [0.717, 1.165) is 4.90 Å². The number of allylic oxidation sites excluding steroid dienone is 1. The van der Waals surface area contributed by atoms with Crippen molar-refractivity contribution in [3.8, 4) is 0 Å². The Kier molecular flexibility index (Phi) is 4.33. The lowest BCUT2D eigenvalue weighted by Gasteiger charge is -2.40. The SMILES string of the molecule is CO[C@@]1(C)C[C@@H](N2C(=O)c3ccccc3C2=O)C=C(C(Cl)(Cl)Cl)O1. The zero-order valence-corrected chi connectivity index (χ0v) is 15.2. The Morgan fingerprint density at radius 2 is 1.75 bits per heavy atom. The minimum absolute atomic E-state index is 0.0182. The third kappa shape index (κ3) is 2.90. The summed E-state index contributed by atoms with van der Waals surface area (Å²) in [6, 6.07) is 5.99. The normalized spacial score (nSPS) is 27.0. The van der Waals surface area contributed by atoms with Crippen molar-refractivity contribution in [2.45, 2.75) is 29.0 Å². The molecule has 0 N–H and O–H groups in total. The molecule has 2 aliphatic rings. The quantitative estimate of drug-likeness (QED) is 0.571. The first-order valence-corrected chi connectivity index (χ1v) is 8.30. The summed E-state index contributed by atoms with van der Waals surface area (Å²) in [6.07, 6.45) is 1.70. The zero-order valence-electron chi connectivity index (χ0n) is 12.9. The van der Waals surface area contributed by atoms with Gasteiger partial charge in [-0.05, 0) is 18.2 Å². The average Bonchev–Trinajstić information content (AvgIpc) is 2.78. The molecule has 128 valence electrons. The van der Waals surface area contributed by atoms with Gasteiger partial charge in [0.25, 0.3) is 11.8 Å². The second-order valence-electron chi connectivity index (χ2n) is 5.77. The molecular weight excluding hydrogens is 377 g/mol. The molecule has 8 heteroatoms. The summed E-state index contributed by atoms with van der Waals surface area (Å²) in [6.45, 7) is 1.65. The van der Waals surface area contributed by atoms with E-state index in [2.05, 4.69) is 0 Å². The van der Waals surface area contributed by atoms with Crippen LogP contribution in [0.2, 0.25) is 0 Å². The maximum Gasteiger partial charge on any atom is 0.262 e. The number of nitrogens with zero attached hydrogens (tertiary/aromatic N) is 1. The topological polar surface area (TPSA) is 55.8 Å². The Labute approximate surface area is 154 Å². The molecule has 5 nitrogen and oxygen atoms in total.